The van der Waals surface area contributed by atoms with E-state index >= 15 is 0 Å². The van der Waals surface area contributed by atoms with Gasteiger partial charge in [0.15, 0.2) is 0 Å². The number of benzene rings is 1. The zero-order valence-electron chi connectivity index (χ0n) is 9.84. The van der Waals surface area contributed by atoms with Crippen LogP contribution in [0.15, 0.2) is 24.3 Å². The quantitative estimate of drug-likeness (QED) is 0.701. The van der Waals surface area contributed by atoms with Crippen molar-refractivity contribution in [2.24, 2.45) is 5.73 Å². The van der Waals surface area contributed by atoms with Crippen LogP contribution in [0.2, 0.25) is 0 Å². The molecule has 0 bridgehead atoms. The van der Waals surface area contributed by atoms with Gasteiger partial charge in [-0.1, -0.05) is 0 Å². The Morgan fingerprint density at radius 3 is 2.17 bits per heavy atom. The second-order valence-corrected chi connectivity index (χ2v) is 3.91. The van der Waals surface area contributed by atoms with Crippen LogP contribution in [0, 0.1) is 0 Å². The average molecular weight is 250 g/mol. The number of hydrogen-bond acceptors (Lipinski definition) is 3. The number of nitrogens with two attached hydrogens (primary N) is 1. The maximum absolute atomic E-state index is 11.7. The largest absolute Gasteiger partial charge is 0.481 e. The second kappa shape index (κ2) is 5.81. The van der Waals surface area contributed by atoms with Gasteiger partial charge in [0.2, 0.25) is 5.91 Å². The van der Waals surface area contributed by atoms with E-state index in [-0.39, 0.29) is 12.3 Å². The first-order valence-electron chi connectivity index (χ1n) is 5.32. The molecule has 0 saturated heterocycles. The average Bonchev–Trinajstić information content (AvgIpc) is 2.27. The number of carbonyl (C=O) groups is 3. The molecule has 1 aromatic rings. The van der Waals surface area contributed by atoms with Gasteiger partial charge in [0, 0.05) is 17.2 Å². The van der Waals surface area contributed by atoms with Gasteiger partial charge in [0.1, 0.15) is 0 Å². The highest BCUT2D eigenvalue weighted by molar-refractivity contribution is 5.97. The van der Waals surface area contributed by atoms with Crippen LogP contribution in [0.3, 0.4) is 0 Å². The predicted molar refractivity (Wildman–Crippen MR) is 64.1 cm³/mol. The smallest absolute Gasteiger partial charge is 0.305 e. The summed E-state index contributed by atoms with van der Waals surface area (Å²) in [6, 6.07) is 5.34. The van der Waals surface area contributed by atoms with E-state index in [1.807, 2.05) is 0 Å². The van der Waals surface area contributed by atoms with E-state index in [2.05, 4.69) is 5.32 Å². The normalized spacial score (nSPS) is 11.6. The summed E-state index contributed by atoms with van der Waals surface area (Å²) in [5.74, 6) is -1.94. The minimum Gasteiger partial charge on any atom is -0.481 e. The number of carbonyl (C=O) groups excluding carboxylic acids is 2. The second-order valence-electron chi connectivity index (χ2n) is 3.91. The van der Waals surface area contributed by atoms with E-state index < -0.39 is 17.9 Å². The van der Waals surface area contributed by atoms with Crippen molar-refractivity contribution >= 4 is 17.8 Å². The first-order valence-corrected chi connectivity index (χ1v) is 5.32. The molecule has 0 radical (unpaired) electrons. The highest BCUT2D eigenvalue weighted by atomic mass is 16.4. The lowest BCUT2D eigenvalue weighted by Gasteiger charge is -2.11. The topological polar surface area (TPSA) is 109 Å². The van der Waals surface area contributed by atoms with Gasteiger partial charge in [-0.05, 0) is 31.2 Å². The zero-order valence-corrected chi connectivity index (χ0v) is 9.84. The van der Waals surface area contributed by atoms with Crippen LogP contribution in [-0.2, 0) is 4.79 Å². The Kier molecular flexibility index (Phi) is 4.42. The summed E-state index contributed by atoms with van der Waals surface area (Å²) in [6.45, 7) is 1.60. The summed E-state index contributed by atoms with van der Waals surface area (Å²) in [5.41, 5.74) is 5.73. The minimum atomic E-state index is -0.980. The standard InChI is InChI=1S/C12H14N2O4/c1-7(6-10(15)16)14-12(18)9-4-2-8(3-5-9)11(13)17/h2-5,7H,6H2,1H3,(H2,13,17)(H,14,18)(H,15,16). The Hall–Kier alpha value is -2.37. The molecule has 0 heterocycles. The summed E-state index contributed by atoms with van der Waals surface area (Å²) in [7, 11) is 0. The summed E-state index contributed by atoms with van der Waals surface area (Å²) < 4.78 is 0. The molecule has 0 saturated carbocycles. The fourth-order valence-corrected chi connectivity index (χ4v) is 1.41. The predicted octanol–water partition coefficient (Wildman–Crippen LogP) is 0.378. The van der Waals surface area contributed by atoms with Crippen molar-refractivity contribution in [3.8, 4) is 0 Å². The van der Waals surface area contributed by atoms with E-state index in [0.717, 1.165) is 0 Å². The molecule has 0 fully saturated rings. The maximum Gasteiger partial charge on any atom is 0.305 e. The molecule has 2 amide bonds. The third-order valence-electron chi connectivity index (χ3n) is 2.29. The van der Waals surface area contributed by atoms with Gasteiger partial charge in [-0.15, -0.1) is 0 Å². The van der Waals surface area contributed by atoms with Gasteiger partial charge < -0.3 is 16.2 Å². The van der Waals surface area contributed by atoms with Crippen LogP contribution < -0.4 is 11.1 Å². The summed E-state index contributed by atoms with van der Waals surface area (Å²) in [6.07, 6.45) is -0.148. The number of nitrogens with one attached hydrogen (secondary N) is 1. The summed E-state index contributed by atoms with van der Waals surface area (Å²) >= 11 is 0. The maximum atomic E-state index is 11.7. The molecule has 1 atom stereocenters. The monoisotopic (exact) mass is 250 g/mol. The lowest BCUT2D eigenvalue weighted by molar-refractivity contribution is -0.137. The van der Waals surface area contributed by atoms with E-state index in [0.29, 0.717) is 11.1 Å². The first kappa shape index (κ1) is 13.7. The van der Waals surface area contributed by atoms with Gasteiger partial charge in [0.25, 0.3) is 5.91 Å². The fourth-order valence-electron chi connectivity index (χ4n) is 1.41. The summed E-state index contributed by atoms with van der Waals surface area (Å²) in [4.78, 5) is 33.0. The molecule has 4 N–H and O–H groups in total. The van der Waals surface area contributed by atoms with Crippen molar-refractivity contribution in [1.29, 1.82) is 0 Å². The van der Waals surface area contributed by atoms with Crippen molar-refractivity contribution in [3.05, 3.63) is 35.4 Å². The molecule has 96 valence electrons. The number of primary amides is 1. The third kappa shape index (κ3) is 3.89. The molecule has 18 heavy (non-hydrogen) atoms. The Balaban J connectivity index is 2.67. The number of aliphatic carboxylic acids is 1. The van der Waals surface area contributed by atoms with E-state index in [9.17, 15) is 14.4 Å². The number of hydrogen-bond donors (Lipinski definition) is 3. The van der Waals surface area contributed by atoms with Crippen LogP contribution in [0.25, 0.3) is 0 Å². The van der Waals surface area contributed by atoms with Crippen molar-refractivity contribution in [2.45, 2.75) is 19.4 Å². The number of amides is 2. The molecule has 6 nitrogen and oxygen atoms in total. The van der Waals surface area contributed by atoms with Crippen LogP contribution >= 0.6 is 0 Å². The van der Waals surface area contributed by atoms with Crippen LogP contribution in [0.1, 0.15) is 34.1 Å². The van der Waals surface area contributed by atoms with E-state index in [4.69, 9.17) is 10.8 Å². The van der Waals surface area contributed by atoms with Crippen LogP contribution in [0.4, 0.5) is 0 Å². The van der Waals surface area contributed by atoms with Crippen LogP contribution in [0.5, 0.6) is 0 Å². The Morgan fingerprint density at radius 2 is 1.72 bits per heavy atom. The Bertz CT molecular complexity index is 467. The van der Waals surface area contributed by atoms with Gasteiger partial charge in [-0.3, -0.25) is 14.4 Å². The van der Waals surface area contributed by atoms with E-state index in [1.165, 1.54) is 24.3 Å². The molecule has 0 aliphatic heterocycles. The highest BCUT2D eigenvalue weighted by Crippen LogP contribution is 2.04. The fraction of sp³-hybridized carbons (Fsp3) is 0.250. The minimum absolute atomic E-state index is 0.148. The Labute approximate surface area is 104 Å². The van der Waals surface area contributed by atoms with Crippen molar-refractivity contribution in [2.75, 3.05) is 0 Å². The molecule has 0 spiro atoms. The molecule has 1 unspecified atom stereocenters. The van der Waals surface area contributed by atoms with Gasteiger partial charge in [-0.2, -0.15) is 0 Å². The molecule has 0 aliphatic rings. The molecule has 6 heteroatoms. The van der Waals surface area contributed by atoms with Crippen LogP contribution in [-0.4, -0.2) is 28.9 Å². The number of carboxylic acid groups (broad SMARTS) is 1. The third-order valence-corrected chi connectivity index (χ3v) is 2.29. The van der Waals surface area contributed by atoms with Crippen molar-refractivity contribution in [3.63, 3.8) is 0 Å². The molecule has 1 aromatic carbocycles. The summed E-state index contributed by atoms with van der Waals surface area (Å²) in [5, 5.41) is 11.1. The van der Waals surface area contributed by atoms with Crippen molar-refractivity contribution in [1.82, 2.24) is 5.32 Å². The molecular formula is C12H14N2O4. The zero-order chi connectivity index (χ0) is 13.7. The van der Waals surface area contributed by atoms with E-state index in [1.54, 1.807) is 6.92 Å². The lowest BCUT2D eigenvalue weighted by Crippen LogP contribution is -2.34. The van der Waals surface area contributed by atoms with Crippen molar-refractivity contribution < 1.29 is 19.5 Å². The number of carboxylic acids is 1. The van der Waals surface area contributed by atoms with Gasteiger partial charge in [0.05, 0.1) is 6.42 Å². The lowest BCUT2D eigenvalue weighted by atomic mass is 10.1. The molecule has 1 rings (SSSR count). The van der Waals surface area contributed by atoms with Gasteiger partial charge >= 0.3 is 5.97 Å². The Morgan fingerprint density at radius 1 is 1.22 bits per heavy atom. The molecular weight excluding hydrogens is 236 g/mol. The molecule has 0 aromatic heterocycles. The highest BCUT2D eigenvalue weighted by Gasteiger charge is 2.12. The SMILES string of the molecule is CC(CC(=O)O)NC(=O)c1ccc(C(N)=O)cc1. The number of rotatable bonds is 5. The van der Waals surface area contributed by atoms with Gasteiger partial charge in [-0.25, -0.2) is 0 Å². The molecule has 0 aliphatic carbocycles. The first-order chi connectivity index (χ1) is 8.40.